The first kappa shape index (κ1) is 15.8. The quantitative estimate of drug-likeness (QED) is 0.851. The monoisotopic (exact) mass is 301 g/mol. The lowest BCUT2D eigenvalue weighted by atomic mass is 10.0. The molecule has 2 aromatic rings. The average molecular weight is 301 g/mol. The zero-order valence-corrected chi connectivity index (χ0v) is 12.6. The molecule has 1 unspecified atom stereocenters. The summed E-state index contributed by atoms with van der Waals surface area (Å²) in [6, 6.07) is 8.84. The van der Waals surface area contributed by atoms with Gasteiger partial charge in [-0.05, 0) is 11.5 Å². The van der Waals surface area contributed by atoms with E-state index in [4.69, 9.17) is 5.11 Å². The Morgan fingerprint density at radius 2 is 1.95 bits per heavy atom. The Morgan fingerprint density at radius 3 is 2.55 bits per heavy atom. The molecule has 1 atom stereocenters. The van der Waals surface area contributed by atoms with Crippen molar-refractivity contribution in [1.29, 1.82) is 0 Å². The predicted octanol–water partition coefficient (Wildman–Crippen LogP) is 1.77. The summed E-state index contributed by atoms with van der Waals surface area (Å²) in [7, 11) is 0. The summed E-state index contributed by atoms with van der Waals surface area (Å²) >= 11 is 0. The van der Waals surface area contributed by atoms with E-state index in [1.807, 2.05) is 30.3 Å². The average Bonchev–Trinajstić information content (AvgIpc) is 2.93. The van der Waals surface area contributed by atoms with Crippen molar-refractivity contribution in [3.63, 3.8) is 0 Å². The molecule has 22 heavy (non-hydrogen) atoms. The summed E-state index contributed by atoms with van der Waals surface area (Å²) in [6.07, 6.45) is 3.05. The van der Waals surface area contributed by atoms with Gasteiger partial charge >= 0.3 is 5.97 Å². The van der Waals surface area contributed by atoms with Crippen LogP contribution in [0.1, 0.15) is 29.8 Å². The van der Waals surface area contributed by atoms with Crippen LogP contribution in [0.5, 0.6) is 0 Å². The molecule has 0 fully saturated rings. The van der Waals surface area contributed by atoms with Gasteiger partial charge in [-0.2, -0.15) is 5.10 Å². The molecule has 1 heterocycles. The number of rotatable bonds is 6. The lowest BCUT2D eigenvalue weighted by Gasteiger charge is -2.17. The first-order valence-electron chi connectivity index (χ1n) is 7.07. The lowest BCUT2D eigenvalue weighted by molar-refractivity contribution is -0.140. The lowest BCUT2D eigenvalue weighted by Crippen LogP contribution is -2.44. The molecule has 1 aromatic carbocycles. The number of carbonyl (C=O) groups excluding carboxylic acids is 1. The highest BCUT2D eigenvalue weighted by Crippen LogP contribution is 2.06. The second kappa shape index (κ2) is 6.89. The minimum absolute atomic E-state index is 0.194. The highest BCUT2D eigenvalue weighted by atomic mass is 16.4. The molecule has 0 spiro atoms. The van der Waals surface area contributed by atoms with Gasteiger partial charge < -0.3 is 10.4 Å². The van der Waals surface area contributed by atoms with E-state index in [2.05, 4.69) is 10.4 Å². The van der Waals surface area contributed by atoms with Gasteiger partial charge in [0.1, 0.15) is 6.04 Å². The molecule has 6 nitrogen and oxygen atoms in total. The zero-order chi connectivity index (χ0) is 16.1. The van der Waals surface area contributed by atoms with E-state index in [0.29, 0.717) is 12.1 Å². The smallest absolute Gasteiger partial charge is 0.326 e. The summed E-state index contributed by atoms with van der Waals surface area (Å²) in [6.45, 7) is 4.05. The molecule has 1 aromatic heterocycles. The molecule has 116 valence electrons. The van der Waals surface area contributed by atoms with Crippen molar-refractivity contribution in [2.45, 2.75) is 26.4 Å². The van der Waals surface area contributed by atoms with Gasteiger partial charge in [0, 0.05) is 6.20 Å². The van der Waals surface area contributed by atoms with Crippen LogP contribution >= 0.6 is 0 Å². The molecule has 0 aliphatic heterocycles. The molecule has 0 radical (unpaired) electrons. The van der Waals surface area contributed by atoms with Gasteiger partial charge in [0.05, 0.1) is 18.3 Å². The van der Waals surface area contributed by atoms with Crippen molar-refractivity contribution in [3.05, 3.63) is 53.9 Å². The van der Waals surface area contributed by atoms with Gasteiger partial charge in [-0.3, -0.25) is 9.48 Å². The van der Waals surface area contributed by atoms with Gasteiger partial charge in [-0.15, -0.1) is 0 Å². The van der Waals surface area contributed by atoms with Gasteiger partial charge in [-0.1, -0.05) is 44.2 Å². The van der Waals surface area contributed by atoms with Crippen molar-refractivity contribution >= 4 is 11.9 Å². The molecule has 0 aliphatic carbocycles. The van der Waals surface area contributed by atoms with Crippen LogP contribution in [0.25, 0.3) is 0 Å². The third kappa shape index (κ3) is 3.94. The number of nitrogens with zero attached hydrogens (tertiary/aromatic N) is 2. The van der Waals surface area contributed by atoms with Crippen molar-refractivity contribution in [1.82, 2.24) is 15.1 Å². The standard InChI is InChI=1S/C16H19N3O3/c1-11(2)14(16(21)22)18-15(20)13-8-17-19(10-13)9-12-6-4-3-5-7-12/h3-8,10-11,14H,9H2,1-2H3,(H,18,20)(H,21,22). The van der Waals surface area contributed by atoms with Gasteiger partial charge in [0.25, 0.3) is 5.91 Å². The second-order valence-corrected chi connectivity index (χ2v) is 5.45. The number of hydrogen-bond donors (Lipinski definition) is 2. The topological polar surface area (TPSA) is 84.2 Å². The van der Waals surface area contributed by atoms with Crippen molar-refractivity contribution in [2.75, 3.05) is 0 Å². The molecule has 2 N–H and O–H groups in total. The summed E-state index contributed by atoms with van der Waals surface area (Å²) < 4.78 is 1.65. The van der Waals surface area contributed by atoms with Crippen LogP contribution in [-0.4, -0.2) is 32.8 Å². The minimum Gasteiger partial charge on any atom is -0.480 e. The Morgan fingerprint density at radius 1 is 1.27 bits per heavy atom. The Balaban J connectivity index is 2.04. The summed E-state index contributed by atoms with van der Waals surface area (Å²) in [5, 5.41) is 15.8. The second-order valence-electron chi connectivity index (χ2n) is 5.45. The number of hydrogen-bond acceptors (Lipinski definition) is 3. The van der Waals surface area contributed by atoms with Gasteiger partial charge in [0.2, 0.25) is 0 Å². The van der Waals surface area contributed by atoms with Crippen LogP contribution in [0.4, 0.5) is 0 Å². The van der Waals surface area contributed by atoms with Crippen molar-refractivity contribution < 1.29 is 14.7 Å². The van der Waals surface area contributed by atoms with E-state index in [0.717, 1.165) is 5.56 Å². The fourth-order valence-electron chi connectivity index (χ4n) is 2.08. The number of amides is 1. The molecule has 0 bridgehead atoms. The highest BCUT2D eigenvalue weighted by molar-refractivity contribution is 5.96. The van der Waals surface area contributed by atoms with E-state index in [1.165, 1.54) is 6.20 Å². The Kier molecular flexibility index (Phi) is 4.93. The number of carbonyl (C=O) groups is 2. The number of carboxylic acids is 1. The van der Waals surface area contributed by atoms with E-state index < -0.39 is 17.9 Å². The van der Waals surface area contributed by atoms with Gasteiger partial charge in [0.15, 0.2) is 0 Å². The summed E-state index contributed by atoms with van der Waals surface area (Å²) in [5.74, 6) is -1.67. The zero-order valence-electron chi connectivity index (χ0n) is 12.6. The SMILES string of the molecule is CC(C)C(NC(=O)c1cnn(Cc2ccccc2)c1)C(=O)O. The van der Waals surface area contributed by atoms with E-state index in [-0.39, 0.29) is 5.92 Å². The molecule has 0 aliphatic rings. The molecule has 0 saturated heterocycles. The van der Waals surface area contributed by atoms with Crippen molar-refractivity contribution in [3.8, 4) is 0 Å². The van der Waals surface area contributed by atoms with Crippen LogP contribution in [0, 0.1) is 5.92 Å². The molecule has 6 heteroatoms. The summed E-state index contributed by atoms with van der Waals surface area (Å²) in [5.41, 5.74) is 1.42. The fraction of sp³-hybridized carbons (Fsp3) is 0.312. The third-order valence-electron chi connectivity index (χ3n) is 3.30. The molecular weight excluding hydrogens is 282 g/mol. The minimum atomic E-state index is -1.04. The molecule has 2 rings (SSSR count). The molecule has 0 saturated carbocycles. The Labute approximate surface area is 128 Å². The van der Waals surface area contributed by atoms with Crippen molar-refractivity contribution in [2.24, 2.45) is 5.92 Å². The number of benzene rings is 1. The van der Waals surface area contributed by atoms with E-state index in [1.54, 1.807) is 24.7 Å². The van der Waals surface area contributed by atoms with Crippen LogP contribution in [0.15, 0.2) is 42.7 Å². The van der Waals surface area contributed by atoms with E-state index in [9.17, 15) is 9.59 Å². The Hall–Kier alpha value is -2.63. The Bertz CT molecular complexity index is 650. The normalized spacial score (nSPS) is 12.1. The first-order valence-corrected chi connectivity index (χ1v) is 7.07. The summed E-state index contributed by atoms with van der Waals surface area (Å²) in [4.78, 5) is 23.2. The van der Waals surface area contributed by atoms with Gasteiger partial charge in [-0.25, -0.2) is 4.79 Å². The highest BCUT2D eigenvalue weighted by Gasteiger charge is 2.24. The number of aromatic nitrogens is 2. The third-order valence-corrected chi connectivity index (χ3v) is 3.30. The molecular formula is C16H19N3O3. The van der Waals surface area contributed by atoms with Crippen LogP contribution < -0.4 is 5.32 Å². The number of aliphatic carboxylic acids is 1. The number of nitrogens with one attached hydrogen (secondary N) is 1. The van der Waals surface area contributed by atoms with Crippen LogP contribution in [0.2, 0.25) is 0 Å². The molecule has 1 amide bonds. The maximum absolute atomic E-state index is 12.1. The predicted molar refractivity (Wildman–Crippen MR) is 81.5 cm³/mol. The maximum atomic E-state index is 12.1. The van der Waals surface area contributed by atoms with Crippen LogP contribution in [-0.2, 0) is 11.3 Å². The maximum Gasteiger partial charge on any atom is 0.326 e. The fourth-order valence-corrected chi connectivity index (χ4v) is 2.08. The van der Waals surface area contributed by atoms with Crippen LogP contribution in [0.3, 0.4) is 0 Å². The van der Waals surface area contributed by atoms with E-state index >= 15 is 0 Å². The first-order chi connectivity index (χ1) is 10.5. The largest absolute Gasteiger partial charge is 0.480 e. The number of carboxylic acid groups (broad SMARTS) is 1.